The van der Waals surface area contributed by atoms with Crippen LogP contribution in [-0.2, 0) is 0 Å². The molecular formula is C17H15N3O2. The molecule has 0 unspecified atom stereocenters. The molecule has 5 nitrogen and oxygen atoms in total. The fraction of sp³-hybridized carbons (Fsp3) is 0.118. The van der Waals surface area contributed by atoms with Crippen LogP contribution in [0.1, 0.15) is 17.3 Å². The maximum absolute atomic E-state index is 12.5. The van der Waals surface area contributed by atoms with E-state index in [-0.39, 0.29) is 5.91 Å². The number of carbonyl (C=O) groups excluding carboxylic acids is 1. The van der Waals surface area contributed by atoms with Gasteiger partial charge >= 0.3 is 0 Å². The number of aromatic nitrogens is 2. The predicted octanol–water partition coefficient (Wildman–Crippen LogP) is 3.28. The second-order valence-electron chi connectivity index (χ2n) is 4.62. The fourth-order valence-electron chi connectivity index (χ4n) is 2.22. The zero-order chi connectivity index (χ0) is 15.4. The molecular weight excluding hydrogens is 278 g/mol. The lowest BCUT2D eigenvalue weighted by molar-refractivity contribution is 0.102. The molecule has 5 heteroatoms. The van der Waals surface area contributed by atoms with Crippen molar-refractivity contribution in [3.05, 3.63) is 60.4 Å². The lowest BCUT2D eigenvalue weighted by Crippen LogP contribution is -2.14. The van der Waals surface area contributed by atoms with Gasteiger partial charge < -0.3 is 10.1 Å². The van der Waals surface area contributed by atoms with Crippen molar-refractivity contribution in [3.63, 3.8) is 0 Å². The van der Waals surface area contributed by atoms with E-state index < -0.39 is 0 Å². The van der Waals surface area contributed by atoms with E-state index in [2.05, 4.69) is 15.3 Å². The van der Waals surface area contributed by atoms with Crippen LogP contribution >= 0.6 is 0 Å². The summed E-state index contributed by atoms with van der Waals surface area (Å²) in [7, 11) is 0. The van der Waals surface area contributed by atoms with Crippen molar-refractivity contribution in [2.45, 2.75) is 6.92 Å². The molecule has 110 valence electrons. The number of hydrogen-bond acceptors (Lipinski definition) is 4. The molecule has 2 aromatic heterocycles. The third-order valence-electron chi connectivity index (χ3n) is 3.19. The first-order valence-corrected chi connectivity index (χ1v) is 7.02. The van der Waals surface area contributed by atoms with Crippen LogP contribution in [0.15, 0.2) is 54.9 Å². The Morgan fingerprint density at radius 3 is 2.77 bits per heavy atom. The molecule has 22 heavy (non-hydrogen) atoms. The van der Waals surface area contributed by atoms with Crippen LogP contribution in [-0.4, -0.2) is 22.5 Å². The van der Waals surface area contributed by atoms with Crippen LogP contribution in [0.2, 0.25) is 0 Å². The number of carbonyl (C=O) groups is 1. The van der Waals surface area contributed by atoms with Crippen molar-refractivity contribution in [3.8, 4) is 5.88 Å². The van der Waals surface area contributed by atoms with Gasteiger partial charge in [0.15, 0.2) is 0 Å². The Labute approximate surface area is 128 Å². The highest BCUT2D eigenvalue weighted by atomic mass is 16.5. The number of pyridine rings is 2. The molecule has 0 bridgehead atoms. The average molecular weight is 293 g/mol. The Kier molecular flexibility index (Phi) is 3.96. The topological polar surface area (TPSA) is 64.1 Å². The Morgan fingerprint density at radius 2 is 1.91 bits per heavy atom. The van der Waals surface area contributed by atoms with Gasteiger partial charge in [-0.25, -0.2) is 4.98 Å². The largest absolute Gasteiger partial charge is 0.477 e. The fourth-order valence-corrected chi connectivity index (χ4v) is 2.22. The summed E-state index contributed by atoms with van der Waals surface area (Å²) in [5.74, 6) is 0.0776. The van der Waals surface area contributed by atoms with Gasteiger partial charge in [-0.1, -0.05) is 6.07 Å². The van der Waals surface area contributed by atoms with E-state index in [1.54, 1.807) is 24.5 Å². The number of fused-ring (bicyclic) bond motifs is 1. The van der Waals surface area contributed by atoms with Crippen molar-refractivity contribution in [1.29, 1.82) is 0 Å². The molecule has 0 aliphatic rings. The molecule has 0 spiro atoms. The molecule has 1 N–H and O–H groups in total. The van der Waals surface area contributed by atoms with E-state index in [0.717, 1.165) is 10.9 Å². The molecule has 1 aromatic carbocycles. The van der Waals surface area contributed by atoms with Gasteiger partial charge in [0.25, 0.3) is 5.91 Å². The summed E-state index contributed by atoms with van der Waals surface area (Å²) in [6, 6.07) is 12.8. The van der Waals surface area contributed by atoms with Crippen molar-refractivity contribution in [1.82, 2.24) is 9.97 Å². The van der Waals surface area contributed by atoms with Crippen LogP contribution in [0.5, 0.6) is 5.88 Å². The zero-order valence-corrected chi connectivity index (χ0v) is 12.1. The van der Waals surface area contributed by atoms with Crippen LogP contribution < -0.4 is 10.1 Å². The number of anilines is 1. The highest BCUT2D eigenvalue weighted by Crippen LogP contribution is 2.23. The van der Waals surface area contributed by atoms with Gasteiger partial charge in [-0.15, -0.1) is 0 Å². The molecule has 3 rings (SSSR count). The maximum atomic E-state index is 12.5. The molecule has 1 amide bonds. The standard InChI is InChI=1S/C17H15N3O2/c1-2-22-17-13(7-5-11-19-17)16(21)20-15-9-3-8-14-12(15)6-4-10-18-14/h3-11H,2H2,1H3,(H,20,21). The summed E-state index contributed by atoms with van der Waals surface area (Å²) in [5.41, 5.74) is 1.95. The lowest BCUT2D eigenvalue weighted by Gasteiger charge is -2.10. The molecule has 0 aliphatic heterocycles. The molecule has 0 atom stereocenters. The minimum Gasteiger partial charge on any atom is -0.477 e. The number of nitrogens with zero attached hydrogens (tertiary/aromatic N) is 2. The quantitative estimate of drug-likeness (QED) is 0.801. The second kappa shape index (κ2) is 6.22. The minimum atomic E-state index is -0.257. The van der Waals surface area contributed by atoms with Crippen LogP contribution in [0, 0.1) is 0 Å². The van der Waals surface area contributed by atoms with Crippen LogP contribution in [0.4, 0.5) is 5.69 Å². The van der Waals surface area contributed by atoms with Crippen LogP contribution in [0.3, 0.4) is 0 Å². The van der Waals surface area contributed by atoms with E-state index in [4.69, 9.17) is 4.74 Å². The molecule has 0 saturated carbocycles. The normalized spacial score (nSPS) is 10.4. The Morgan fingerprint density at radius 1 is 1.09 bits per heavy atom. The molecule has 2 heterocycles. The summed E-state index contributed by atoms with van der Waals surface area (Å²) < 4.78 is 5.40. The summed E-state index contributed by atoms with van der Waals surface area (Å²) in [5, 5.41) is 3.79. The number of nitrogens with one attached hydrogen (secondary N) is 1. The van der Waals surface area contributed by atoms with Gasteiger partial charge in [0, 0.05) is 17.8 Å². The molecule has 0 saturated heterocycles. The summed E-state index contributed by atoms with van der Waals surface area (Å²) >= 11 is 0. The number of hydrogen-bond donors (Lipinski definition) is 1. The zero-order valence-electron chi connectivity index (χ0n) is 12.1. The van der Waals surface area contributed by atoms with Gasteiger partial charge in [-0.2, -0.15) is 0 Å². The van der Waals surface area contributed by atoms with Crippen molar-refractivity contribution >= 4 is 22.5 Å². The highest BCUT2D eigenvalue weighted by molar-refractivity contribution is 6.09. The summed E-state index contributed by atoms with van der Waals surface area (Å²) in [4.78, 5) is 20.9. The van der Waals surface area contributed by atoms with E-state index in [1.165, 1.54) is 0 Å². The van der Waals surface area contributed by atoms with Crippen LogP contribution in [0.25, 0.3) is 10.9 Å². The lowest BCUT2D eigenvalue weighted by atomic mass is 10.1. The summed E-state index contributed by atoms with van der Waals surface area (Å²) in [6.45, 7) is 2.31. The Balaban J connectivity index is 1.94. The van der Waals surface area contributed by atoms with Crippen molar-refractivity contribution in [2.24, 2.45) is 0 Å². The first-order valence-electron chi connectivity index (χ1n) is 7.02. The number of amides is 1. The van der Waals surface area contributed by atoms with E-state index in [1.807, 2.05) is 37.3 Å². The summed E-state index contributed by atoms with van der Waals surface area (Å²) in [6.07, 6.45) is 3.33. The monoisotopic (exact) mass is 293 g/mol. The third kappa shape index (κ3) is 2.74. The number of benzene rings is 1. The SMILES string of the molecule is CCOc1ncccc1C(=O)Nc1cccc2ncccc12. The minimum absolute atomic E-state index is 0.257. The molecule has 0 fully saturated rings. The van der Waals surface area contributed by atoms with Gasteiger partial charge in [-0.3, -0.25) is 9.78 Å². The van der Waals surface area contributed by atoms with Gasteiger partial charge in [0.05, 0.1) is 17.8 Å². The van der Waals surface area contributed by atoms with Crippen molar-refractivity contribution in [2.75, 3.05) is 11.9 Å². The smallest absolute Gasteiger partial charge is 0.261 e. The van der Waals surface area contributed by atoms with Gasteiger partial charge in [0.1, 0.15) is 5.56 Å². The molecule has 3 aromatic rings. The van der Waals surface area contributed by atoms with E-state index in [9.17, 15) is 4.79 Å². The van der Waals surface area contributed by atoms with Gasteiger partial charge in [0.2, 0.25) is 5.88 Å². The molecule has 0 radical (unpaired) electrons. The van der Waals surface area contributed by atoms with E-state index >= 15 is 0 Å². The van der Waals surface area contributed by atoms with Crippen molar-refractivity contribution < 1.29 is 9.53 Å². The Hall–Kier alpha value is -2.95. The molecule has 0 aliphatic carbocycles. The van der Waals surface area contributed by atoms with E-state index in [0.29, 0.717) is 23.7 Å². The second-order valence-corrected chi connectivity index (χ2v) is 4.62. The maximum Gasteiger partial charge on any atom is 0.261 e. The predicted molar refractivity (Wildman–Crippen MR) is 85.1 cm³/mol. The first-order chi connectivity index (χ1) is 10.8. The first kappa shape index (κ1) is 14.0. The average Bonchev–Trinajstić information content (AvgIpc) is 2.56. The Bertz CT molecular complexity index is 812. The highest BCUT2D eigenvalue weighted by Gasteiger charge is 2.14. The third-order valence-corrected chi connectivity index (χ3v) is 3.19. The van der Waals surface area contributed by atoms with Gasteiger partial charge in [-0.05, 0) is 43.3 Å². The number of rotatable bonds is 4. The number of ether oxygens (including phenoxy) is 1.